The summed E-state index contributed by atoms with van der Waals surface area (Å²) in [4.78, 5) is 36.0. The van der Waals surface area contributed by atoms with Crippen molar-refractivity contribution in [2.24, 2.45) is 0 Å². The molecule has 0 atom stereocenters. The van der Waals surface area contributed by atoms with Crippen molar-refractivity contribution >= 4 is 29.2 Å². The highest BCUT2D eigenvalue weighted by molar-refractivity contribution is 6.02. The van der Waals surface area contributed by atoms with Crippen molar-refractivity contribution in [3.8, 4) is 0 Å². The maximum absolute atomic E-state index is 12.1. The van der Waals surface area contributed by atoms with Crippen LogP contribution >= 0.6 is 0 Å². The van der Waals surface area contributed by atoms with Crippen molar-refractivity contribution < 1.29 is 23.5 Å². The highest BCUT2D eigenvalue weighted by Crippen LogP contribution is 2.13. The minimum Gasteiger partial charge on any atom is -0.459 e. The number of furan rings is 1. The van der Waals surface area contributed by atoms with Crippen LogP contribution in [0.4, 0.5) is 11.4 Å². The number of rotatable bonds is 7. The molecule has 3 rings (SSSR count). The van der Waals surface area contributed by atoms with Gasteiger partial charge in [-0.2, -0.15) is 0 Å². The zero-order chi connectivity index (χ0) is 20.6. The molecule has 1 heterocycles. The molecule has 2 aromatic carbocycles. The maximum atomic E-state index is 12.1. The maximum Gasteiger partial charge on any atom is 0.338 e. The quantitative estimate of drug-likeness (QED) is 0.595. The van der Waals surface area contributed by atoms with Gasteiger partial charge in [0.15, 0.2) is 12.4 Å². The first-order valence-corrected chi connectivity index (χ1v) is 9.06. The highest BCUT2D eigenvalue weighted by Gasteiger charge is 2.12. The number of nitrogens with one attached hydrogen (secondary N) is 2. The van der Waals surface area contributed by atoms with Crippen LogP contribution in [0, 0.1) is 0 Å². The number of hydrogen-bond donors (Lipinski definition) is 2. The number of hydrogen-bond acceptors (Lipinski definition) is 5. The van der Waals surface area contributed by atoms with E-state index in [2.05, 4.69) is 10.6 Å². The lowest BCUT2D eigenvalue weighted by Crippen LogP contribution is -2.21. The predicted molar refractivity (Wildman–Crippen MR) is 108 cm³/mol. The number of aryl methyl sites for hydroxylation is 1. The molecule has 0 spiro atoms. The van der Waals surface area contributed by atoms with Crippen molar-refractivity contribution in [1.82, 2.24) is 0 Å². The predicted octanol–water partition coefficient (Wildman–Crippen LogP) is 3.89. The van der Waals surface area contributed by atoms with Gasteiger partial charge >= 0.3 is 5.97 Å². The average molecular weight is 392 g/mol. The van der Waals surface area contributed by atoms with E-state index >= 15 is 0 Å². The Labute approximate surface area is 167 Å². The van der Waals surface area contributed by atoms with Crippen molar-refractivity contribution in [2.75, 3.05) is 17.2 Å². The van der Waals surface area contributed by atoms with Gasteiger partial charge in [-0.3, -0.25) is 9.59 Å². The lowest BCUT2D eigenvalue weighted by atomic mass is 10.1. The SMILES string of the molecule is CCc1cccc(NC(=O)COC(=O)c2ccc(NC(=O)c3ccco3)cc2)c1. The number of anilines is 2. The Morgan fingerprint density at radius 3 is 2.41 bits per heavy atom. The summed E-state index contributed by atoms with van der Waals surface area (Å²) >= 11 is 0. The summed E-state index contributed by atoms with van der Waals surface area (Å²) in [6.07, 6.45) is 2.27. The van der Waals surface area contributed by atoms with E-state index in [4.69, 9.17) is 9.15 Å². The molecule has 7 nitrogen and oxygen atoms in total. The van der Waals surface area contributed by atoms with E-state index in [1.54, 1.807) is 30.3 Å². The highest BCUT2D eigenvalue weighted by atomic mass is 16.5. The van der Waals surface area contributed by atoms with Gasteiger partial charge in [0.1, 0.15) is 0 Å². The summed E-state index contributed by atoms with van der Waals surface area (Å²) in [6, 6.07) is 16.8. The zero-order valence-corrected chi connectivity index (χ0v) is 15.8. The lowest BCUT2D eigenvalue weighted by Gasteiger charge is -2.08. The van der Waals surface area contributed by atoms with Crippen LogP contribution < -0.4 is 10.6 Å². The summed E-state index contributed by atoms with van der Waals surface area (Å²) in [5.41, 5.74) is 2.51. The molecule has 0 radical (unpaired) electrons. The topological polar surface area (TPSA) is 97.6 Å². The molecule has 29 heavy (non-hydrogen) atoms. The van der Waals surface area contributed by atoms with E-state index in [1.165, 1.54) is 18.4 Å². The van der Waals surface area contributed by atoms with Crippen LogP contribution in [0.25, 0.3) is 0 Å². The van der Waals surface area contributed by atoms with Gasteiger partial charge in [-0.05, 0) is 60.5 Å². The lowest BCUT2D eigenvalue weighted by molar-refractivity contribution is -0.119. The van der Waals surface area contributed by atoms with Gasteiger partial charge < -0.3 is 19.8 Å². The minimum atomic E-state index is -0.633. The third-order valence-electron chi connectivity index (χ3n) is 4.08. The molecule has 0 saturated carbocycles. The van der Waals surface area contributed by atoms with E-state index in [1.807, 2.05) is 25.1 Å². The number of benzene rings is 2. The van der Waals surface area contributed by atoms with Gasteiger partial charge in [-0.25, -0.2) is 4.79 Å². The number of ether oxygens (including phenoxy) is 1. The van der Waals surface area contributed by atoms with E-state index < -0.39 is 24.4 Å². The summed E-state index contributed by atoms with van der Waals surface area (Å²) in [6.45, 7) is 1.63. The molecule has 0 aliphatic heterocycles. The molecule has 148 valence electrons. The molecule has 0 aliphatic carbocycles. The normalized spacial score (nSPS) is 10.2. The Balaban J connectivity index is 1.50. The monoisotopic (exact) mass is 392 g/mol. The molecule has 2 N–H and O–H groups in total. The van der Waals surface area contributed by atoms with Crippen LogP contribution in [0.15, 0.2) is 71.3 Å². The molecule has 0 bridgehead atoms. The van der Waals surface area contributed by atoms with Gasteiger partial charge in [0, 0.05) is 11.4 Å². The van der Waals surface area contributed by atoms with Crippen molar-refractivity contribution in [1.29, 1.82) is 0 Å². The largest absolute Gasteiger partial charge is 0.459 e. The number of carbonyl (C=O) groups is 3. The minimum absolute atomic E-state index is 0.184. The van der Waals surface area contributed by atoms with Crippen LogP contribution in [0.1, 0.15) is 33.4 Å². The summed E-state index contributed by atoms with van der Waals surface area (Å²) < 4.78 is 10.1. The second kappa shape index (κ2) is 9.36. The molecular formula is C22H20N2O5. The Kier molecular flexibility index (Phi) is 6.42. The molecule has 0 saturated heterocycles. The van der Waals surface area contributed by atoms with Crippen molar-refractivity contribution in [3.63, 3.8) is 0 Å². The van der Waals surface area contributed by atoms with Crippen LogP contribution in [-0.2, 0) is 16.0 Å². The van der Waals surface area contributed by atoms with Crippen LogP contribution in [0.2, 0.25) is 0 Å². The van der Waals surface area contributed by atoms with Crippen LogP contribution in [0.5, 0.6) is 0 Å². The molecule has 7 heteroatoms. The van der Waals surface area contributed by atoms with Gasteiger partial charge in [0.25, 0.3) is 11.8 Å². The van der Waals surface area contributed by atoms with Gasteiger partial charge in [-0.15, -0.1) is 0 Å². The first-order chi connectivity index (χ1) is 14.0. The summed E-state index contributed by atoms with van der Waals surface area (Å²) in [7, 11) is 0. The zero-order valence-electron chi connectivity index (χ0n) is 15.8. The fraction of sp³-hybridized carbons (Fsp3) is 0.136. The van der Waals surface area contributed by atoms with E-state index in [0.717, 1.165) is 12.0 Å². The Bertz CT molecular complexity index is 994. The molecule has 2 amide bonds. The average Bonchev–Trinajstić information content (AvgIpc) is 3.28. The first-order valence-electron chi connectivity index (χ1n) is 9.06. The van der Waals surface area contributed by atoms with E-state index in [0.29, 0.717) is 11.4 Å². The Hall–Kier alpha value is -3.87. The fourth-order valence-electron chi connectivity index (χ4n) is 2.57. The third-order valence-corrected chi connectivity index (χ3v) is 4.08. The second-order valence-electron chi connectivity index (χ2n) is 6.19. The first kappa shape index (κ1) is 19.9. The van der Waals surface area contributed by atoms with Gasteiger partial charge in [0.05, 0.1) is 11.8 Å². The van der Waals surface area contributed by atoms with Crippen LogP contribution in [-0.4, -0.2) is 24.4 Å². The van der Waals surface area contributed by atoms with Crippen molar-refractivity contribution in [3.05, 3.63) is 83.8 Å². The number of carbonyl (C=O) groups excluding carboxylic acids is 3. The standard InChI is InChI=1S/C22H20N2O5/c1-2-15-5-3-6-18(13-15)23-20(25)14-29-22(27)16-8-10-17(11-9-16)24-21(26)19-7-4-12-28-19/h3-13H,2,14H2,1H3,(H,23,25)(H,24,26). The molecule has 0 fully saturated rings. The number of esters is 1. The van der Waals surface area contributed by atoms with E-state index in [-0.39, 0.29) is 11.3 Å². The van der Waals surface area contributed by atoms with Crippen LogP contribution in [0.3, 0.4) is 0 Å². The second-order valence-corrected chi connectivity index (χ2v) is 6.19. The Morgan fingerprint density at radius 2 is 1.72 bits per heavy atom. The summed E-state index contributed by atoms with van der Waals surface area (Å²) in [5.74, 6) is -1.27. The molecule has 1 aromatic heterocycles. The van der Waals surface area contributed by atoms with Crippen molar-refractivity contribution in [2.45, 2.75) is 13.3 Å². The number of amides is 2. The third kappa shape index (κ3) is 5.55. The molecule has 3 aromatic rings. The van der Waals surface area contributed by atoms with Gasteiger partial charge in [-0.1, -0.05) is 19.1 Å². The summed E-state index contributed by atoms with van der Waals surface area (Å²) in [5, 5.41) is 5.34. The van der Waals surface area contributed by atoms with E-state index in [9.17, 15) is 14.4 Å². The fourth-order valence-corrected chi connectivity index (χ4v) is 2.57. The Morgan fingerprint density at radius 1 is 0.931 bits per heavy atom. The smallest absolute Gasteiger partial charge is 0.338 e. The molecular weight excluding hydrogens is 372 g/mol. The van der Waals surface area contributed by atoms with Gasteiger partial charge in [0.2, 0.25) is 0 Å². The molecule has 0 aliphatic rings. The molecule has 0 unspecified atom stereocenters.